The minimum absolute atomic E-state index is 0. The van der Waals surface area contributed by atoms with Crippen molar-refractivity contribution in [3.05, 3.63) is 0 Å². The SMILES string of the molecule is CCCCCCCCCC#CC#CCCCCCCCCCOC(=O)CC[C@H](NC(=O)CCCCC[N+](CC)(CC)CC)C(=O)OCCCCCCCCCC#CC#CCCCCCCCCC.[Br-]. The summed E-state index contributed by atoms with van der Waals surface area (Å²) in [6.45, 7) is 16.5. The highest BCUT2D eigenvalue weighted by Gasteiger charge is 2.24. The van der Waals surface area contributed by atoms with Crippen LogP contribution in [0.4, 0.5) is 0 Å². The van der Waals surface area contributed by atoms with Crippen LogP contribution in [-0.2, 0) is 23.9 Å². The molecule has 0 spiro atoms. The van der Waals surface area contributed by atoms with Crippen molar-refractivity contribution in [2.45, 2.75) is 285 Å². The lowest BCUT2D eigenvalue weighted by atomic mass is 10.1. The standard InChI is InChI=1S/C61H104N2O5.BrH/c1-6-11-13-15-17-19-21-23-25-27-29-31-33-35-37-39-41-43-45-50-56-67-60(65)54-53-58(62-59(64)52-48-47-49-55-63(8-3,9-4)10-5)61(66)68-57-51-46-44-42-40-38-36-34-32-30-28-26-24-22-20-18-16-14-12-7-2;/h58H,6-24,33-57H2,1-5H3;1H/t58-;/m0./s1. The predicted molar refractivity (Wildman–Crippen MR) is 288 cm³/mol. The van der Waals surface area contributed by atoms with E-state index in [0.29, 0.717) is 19.6 Å². The van der Waals surface area contributed by atoms with Crippen molar-refractivity contribution in [3.8, 4) is 47.4 Å². The van der Waals surface area contributed by atoms with Gasteiger partial charge in [0, 0.05) is 38.5 Å². The molecule has 0 aliphatic rings. The lowest BCUT2D eigenvalue weighted by Gasteiger charge is -2.35. The lowest BCUT2D eigenvalue weighted by Crippen LogP contribution is -3.00. The zero-order valence-corrected chi connectivity index (χ0v) is 47.1. The second-order valence-corrected chi connectivity index (χ2v) is 19.3. The van der Waals surface area contributed by atoms with Gasteiger partial charge >= 0.3 is 11.9 Å². The van der Waals surface area contributed by atoms with Gasteiger partial charge in [0.05, 0.1) is 39.4 Å². The second kappa shape index (κ2) is 54.4. The fraction of sp³-hybridized carbons (Fsp3) is 0.820. The zero-order chi connectivity index (χ0) is 49.7. The first-order chi connectivity index (χ1) is 33.4. The monoisotopic (exact) mass is 1020 g/mol. The number of halogens is 1. The molecule has 69 heavy (non-hydrogen) atoms. The molecule has 0 fully saturated rings. The van der Waals surface area contributed by atoms with Crippen LogP contribution in [0.1, 0.15) is 279 Å². The molecule has 0 aliphatic carbocycles. The number of carbonyl (C=O) groups is 3. The maximum Gasteiger partial charge on any atom is 0.328 e. The van der Waals surface area contributed by atoms with Gasteiger partial charge in [-0.25, -0.2) is 4.79 Å². The molecule has 1 N–H and O–H groups in total. The van der Waals surface area contributed by atoms with Crippen LogP contribution in [0.15, 0.2) is 0 Å². The van der Waals surface area contributed by atoms with E-state index in [1.807, 2.05) is 0 Å². The number of carbonyl (C=O) groups excluding carboxylic acids is 3. The Balaban J connectivity index is 0. The summed E-state index contributed by atoms with van der Waals surface area (Å²) in [6, 6.07) is -0.850. The Labute approximate surface area is 437 Å². The van der Waals surface area contributed by atoms with Gasteiger partial charge in [-0.2, -0.15) is 0 Å². The van der Waals surface area contributed by atoms with E-state index in [4.69, 9.17) is 9.47 Å². The van der Waals surface area contributed by atoms with Crippen molar-refractivity contribution in [3.63, 3.8) is 0 Å². The van der Waals surface area contributed by atoms with Gasteiger partial charge in [0.25, 0.3) is 0 Å². The topological polar surface area (TPSA) is 81.7 Å². The van der Waals surface area contributed by atoms with Gasteiger partial charge in [0.15, 0.2) is 0 Å². The minimum Gasteiger partial charge on any atom is -1.00 e. The Morgan fingerprint density at radius 1 is 0.420 bits per heavy atom. The van der Waals surface area contributed by atoms with Crippen LogP contribution in [0, 0.1) is 47.4 Å². The number of nitrogens with zero attached hydrogens (tertiary/aromatic N) is 1. The maximum absolute atomic E-state index is 13.2. The summed E-state index contributed by atoms with van der Waals surface area (Å²) in [4.78, 5) is 38.9. The van der Waals surface area contributed by atoms with Gasteiger partial charge in [0.1, 0.15) is 6.04 Å². The van der Waals surface area contributed by atoms with Gasteiger partial charge < -0.3 is 36.3 Å². The molecule has 7 nitrogen and oxygen atoms in total. The zero-order valence-electron chi connectivity index (χ0n) is 45.6. The predicted octanol–water partition coefficient (Wildman–Crippen LogP) is 12.3. The maximum atomic E-state index is 13.2. The van der Waals surface area contributed by atoms with E-state index in [1.165, 1.54) is 122 Å². The average molecular weight is 1030 g/mol. The Bertz CT molecular complexity index is 1450. The van der Waals surface area contributed by atoms with E-state index in [0.717, 1.165) is 133 Å². The minimum atomic E-state index is -0.850. The Morgan fingerprint density at radius 3 is 1.16 bits per heavy atom. The number of amides is 1. The molecule has 396 valence electrons. The van der Waals surface area contributed by atoms with E-state index in [-0.39, 0.29) is 41.7 Å². The van der Waals surface area contributed by atoms with Gasteiger partial charge in [-0.3, -0.25) is 9.59 Å². The quantitative estimate of drug-likeness (QED) is 0.0284. The molecule has 0 bridgehead atoms. The molecule has 0 aliphatic heterocycles. The Morgan fingerprint density at radius 2 is 0.768 bits per heavy atom. The molecule has 0 unspecified atom stereocenters. The molecule has 0 saturated heterocycles. The van der Waals surface area contributed by atoms with Crippen molar-refractivity contribution in [2.24, 2.45) is 0 Å². The molecule has 0 saturated carbocycles. The van der Waals surface area contributed by atoms with E-state index in [2.05, 4.69) is 87.3 Å². The molecule has 0 aromatic rings. The first kappa shape index (κ1) is 68.2. The van der Waals surface area contributed by atoms with Crippen LogP contribution in [0.25, 0.3) is 0 Å². The van der Waals surface area contributed by atoms with E-state index < -0.39 is 12.0 Å². The summed E-state index contributed by atoms with van der Waals surface area (Å²) in [5, 5.41) is 2.90. The number of unbranched alkanes of at least 4 members (excludes halogenated alkanes) is 30. The van der Waals surface area contributed by atoms with E-state index in [1.54, 1.807) is 0 Å². The third-order valence-electron chi connectivity index (χ3n) is 13.5. The van der Waals surface area contributed by atoms with Crippen molar-refractivity contribution < 1.29 is 45.3 Å². The largest absolute Gasteiger partial charge is 1.00 e. The van der Waals surface area contributed by atoms with Crippen LogP contribution >= 0.6 is 0 Å². The van der Waals surface area contributed by atoms with Crippen LogP contribution in [0.3, 0.4) is 0 Å². The summed E-state index contributed by atoms with van der Waals surface area (Å²) in [6.07, 6.45) is 40.7. The molecule has 8 heteroatoms. The number of quaternary nitrogens is 1. The molecule has 0 heterocycles. The fourth-order valence-electron chi connectivity index (χ4n) is 8.53. The van der Waals surface area contributed by atoms with Crippen LogP contribution in [-0.4, -0.2) is 67.8 Å². The summed E-state index contributed by atoms with van der Waals surface area (Å²) < 4.78 is 12.3. The number of nitrogens with one attached hydrogen (secondary N) is 1. The molecule has 1 amide bonds. The number of ether oxygens (including phenoxy) is 2. The van der Waals surface area contributed by atoms with Crippen LogP contribution in [0.5, 0.6) is 0 Å². The summed E-state index contributed by atoms with van der Waals surface area (Å²) in [5.41, 5.74) is 0. The average Bonchev–Trinajstić information content (AvgIpc) is 3.35. The van der Waals surface area contributed by atoms with Gasteiger partial charge in [-0.15, -0.1) is 0 Å². The van der Waals surface area contributed by atoms with Crippen LogP contribution in [0.2, 0.25) is 0 Å². The molecular weight excluding hydrogens is 921 g/mol. The van der Waals surface area contributed by atoms with Crippen molar-refractivity contribution in [1.29, 1.82) is 0 Å². The number of hydrogen-bond acceptors (Lipinski definition) is 5. The van der Waals surface area contributed by atoms with Gasteiger partial charge in [-0.1, -0.05) is 179 Å². The summed E-state index contributed by atoms with van der Waals surface area (Å²) >= 11 is 0. The molecular formula is C61H105BrN2O5. The van der Waals surface area contributed by atoms with E-state index >= 15 is 0 Å². The molecule has 1 atom stereocenters. The smallest absolute Gasteiger partial charge is 0.328 e. The highest BCUT2D eigenvalue weighted by molar-refractivity contribution is 5.85. The summed E-state index contributed by atoms with van der Waals surface area (Å²) in [7, 11) is 0. The normalized spacial score (nSPS) is 11.0. The molecule has 0 radical (unpaired) electrons. The Kier molecular flexibility index (Phi) is 53.8. The first-order valence-electron chi connectivity index (χ1n) is 28.8. The lowest BCUT2D eigenvalue weighted by molar-refractivity contribution is -0.923. The molecule has 0 rings (SSSR count). The molecule has 0 aromatic heterocycles. The fourth-order valence-corrected chi connectivity index (χ4v) is 8.53. The number of hydrogen-bond donors (Lipinski definition) is 1. The molecule has 0 aromatic carbocycles. The summed E-state index contributed by atoms with van der Waals surface area (Å²) in [5.74, 6) is 23.9. The highest BCUT2D eigenvalue weighted by atomic mass is 79.9. The van der Waals surface area contributed by atoms with E-state index in [9.17, 15) is 14.4 Å². The van der Waals surface area contributed by atoms with Crippen LogP contribution < -0.4 is 22.3 Å². The van der Waals surface area contributed by atoms with Crippen molar-refractivity contribution >= 4 is 17.8 Å². The van der Waals surface area contributed by atoms with Crippen molar-refractivity contribution in [2.75, 3.05) is 39.4 Å². The number of rotatable bonds is 46. The number of esters is 2. The second-order valence-electron chi connectivity index (χ2n) is 19.3. The van der Waals surface area contributed by atoms with Crippen molar-refractivity contribution in [1.82, 2.24) is 5.32 Å². The highest BCUT2D eigenvalue weighted by Crippen LogP contribution is 2.14. The third kappa shape index (κ3) is 47.2. The Hall–Kier alpha value is -2.91. The van der Waals surface area contributed by atoms with Gasteiger partial charge in [0.2, 0.25) is 5.91 Å². The van der Waals surface area contributed by atoms with Gasteiger partial charge in [-0.05, 0) is 109 Å². The third-order valence-corrected chi connectivity index (χ3v) is 13.5. The first-order valence-corrected chi connectivity index (χ1v) is 28.8.